The molecule has 0 fully saturated rings. The van der Waals surface area contributed by atoms with Crippen molar-refractivity contribution in [2.24, 2.45) is 29.1 Å². The standard InChI is InChI=1S/C25H52/c1-21(2)13-9-14-22(3)15-10-16-23(4)17-11-18-24(5)19-12-20-25(6,7)8/h21-24H,9-20H2,1-8H3. The molecule has 0 N–H and O–H groups in total. The van der Waals surface area contributed by atoms with Gasteiger partial charge in [-0.05, 0) is 35.5 Å². The van der Waals surface area contributed by atoms with Crippen LogP contribution in [-0.4, -0.2) is 0 Å². The molecular weight excluding hydrogens is 300 g/mol. The zero-order valence-electron chi connectivity index (χ0n) is 19.3. The third-order valence-electron chi connectivity index (χ3n) is 5.89. The summed E-state index contributed by atoms with van der Waals surface area (Å²) in [6.45, 7) is 19.2. The zero-order valence-corrected chi connectivity index (χ0v) is 19.3. The van der Waals surface area contributed by atoms with Crippen LogP contribution >= 0.6 is 0 Å². The van der Waals surface area contributed by atoms with Gasteiger partial charge in [0.2, 0.25) is 0 Å². The van der Waals surface area contributed by atoms with Crippen LogP contribution in [0.2, 0.25) is 0 Å². The quantitative estimate of drug-likeness (QED) is 0.275. The summed E-state index contributed by atoms with van der Waals surface area (Å²) in [6.07, 6.45) is 17.2. The predicted molar refractivity (Wildman–Crippen MR) is 117 cm³/mol. The summed E-state index contributed by atoms with van der Waals surface area (Å²) in [7, 11) is 0. The van der Waals surface area contributed by atoms with E-state index >= 15 is 0 Å². The van der Waals surface area contributed by atoms with Crippen molar-refractivity contribution in [1.29, 1.82) is 0 Å². The van der Waals surface area contributed by atoms with Gasteiger partial charge >= 0.3 is 0 Å². The third-order valence-corrected chi connectivity index (χ3v) is 5.89. The maximum Gasteiger partial charge on any atom is -0.0383 e. The summed E-state index contributed by atoms with van der Waals surface area (Å²) >= 11 is 0. The molecule has 0 spiro atoms. The van der Waals surface area contributed by atoms with Crippen LogP contribution in [-0.2, 0) is 0 Å². The van der Waals surface area contributed by atoms with Gasteiger partial charge in [-0.3, -0.25) is 0 Å². The van der Waals surface area contributed by atoms with Gasteiger partial charge in [-0.25, -0.2) is 0 Å². The summed E-state index contributed by atoms with van der Waals surface area (Å²) in [6, 6.07) is 0. The summed E-state index contributed by atoms with van der Waals surface area (Å²) in [4.78, 5) is 0. The highest BCUT2D eigenvalue weighted by Gasteiger charge is 2.11. The van der Waals surface area contributed by atoms with Gasteiger partial charge in [-0.1, -0.05) is 126 Å². The monoisotopic (exact) mass is 352 g/mol. The lowest BCUT2D eigenvalue weighted by atomic mass is 9.86. The van der Waals surface area contributed by atoms with Crippen LogP contribution in [0, 0.1) is 29.1 Å². The molecule has 0 rings (SSSR count). The van der Waals surface area contributed by atoms with E-state index in [1.807, 2.05) is 0 Å². The van der Waals surface area contributed by atoms with Crippen molar-refractivity contribution in [3.05, 3.63) is 0 Å². The van der Waals surface area contributed by atoms with Crippen molar-refractivity contribution in [1.82, 2.24) is 0 Å². The minimum Gasteiger partial charge on any atom is -0.0628 e. The molecule has 0 bridgehead atoms. The fraction of sp³-hybridized carbons (Fsp3) is 1.00. The fourth-order valence-corrected chi connectivity index (χ4v) is 3.92. The van der Waals surface area contributed by atoms with Crippen molar-refractivity contribution in [2.45, 2.75) is 132 Å². The van der Waals surface area contributed by atoms with Crippen LogP contribution in [0.5, 0.6) is 0 Å². The molecule has 0 aromatic carbocycles. The van der Waals surface area contributed by atoms with E-state index in [9.17, 15) is 0 Å². The van der Waals surface area contributed by atoms with Crippen LogP contribution in [0.25, 0.3) is 0 Å². The van der Waals surface area contributed by atoms with E-state index < -0.39 is 0 Å². The summed E-state index contributed by atoms with van der Waals surface area (Å²) in [5.74, 6) is 3.68. The van der Waals surface area contributed by atoms with Crippen LogP contribution < -0.4 is 0 Å². The first kappa shape index (κ1) is 25.0. The molecule has 25 heavy (non-hydrogen) atoms. The average molecular weight is 353 g/mol. The van der Waals surface area contributed by atoms with Gasteiger partial charge in [-0.2, -0.15) is 0 Å². The molecule has 0 aliphatic carbocycles. The first-order chi connectivity index (χ1) is 11.6. The van der Waals surface area contributed by atoms with Gasteiger partial charge in [0, 0.05) is 0 Å². The highest BCUT2D eigenvalue weighted by molar-refractivity contribution is 4.64. The summed E-state index contributed by atoms with van der Waals surface area (Å²) < 4.78 is 0. The van der Waals surface area contributed by atoms with E-state index in [2.05, 4.69) is 55.4 Å². The predicted octanol–water partition coefficient (Wildman–Crippen LogP) is 9.28. The molecule has 0 aromatic heterocycles. The molecule has 152 valence electrons. The fourth-order valence-electron chi connectivity index (χ4n) is 3.92. The van der Waals surface area contributed by atoms with Crippen molar-refractivity contribution in [2.75, 3.05) is 0 Å². The Morgan fingerprint density at radius 2 is 0.800 bits per heavy atom. The second-order valence-electron chi connectivity index (χ2n) is 11.0. The molecule has 0 heterocycles. The first-order valence-corrected chi connectivity index (χ1v) is 11.6. The largest absolute Gasteiger partial charge is 0.0628 e. The van der Waals surface area contributed by atoms with E-state index in [-0.39, 0.29) is 0 Å². The van der Waals surface area contributed by atoms with Crippen LogP contribution in [0.1, 0.15) is 132 Å². The molecular formula is C25H52. The zero-order chi connectivity index (χ0) is 19.3. The lowest BCUT2D eigenvalue weighted by molar-refractivity contribution is 0.330. The lowest BCUT2D eigenvalue weighted by Gasteiger charge is -2.20. The Morgan fingerprint density at radius 3 is 1.12 bits per heavy atom. The Bertz CT molecular complexity index is 283. The highest BCUT2D eigenvalue weighted by atomic mass is 14.2. The Hall–Kier alpha value is 0. The SMILES string of the molecule is CC(C)CCCC(C)CCCC(C)CCCC(C)CCCC(C)(C)C. The van der Waals surface area contributed by atoms with E-state index in [4.69, 9.17) is 0 Å². The molecule has 3 unspecified atom stereocenters. The van der Waals surface area contributed by atoms with Crippen molar-refractivity contribution < 1.29 is 0 Å². The van der Waals surface area contributed by atoms with Crippen LogP contribution in [0.3, 0.4) is 0 Å². The van der Waals surface area contributed by atoms with Crippen LogP contribution in [0.4, 0.5) is 0 Å². The highest BCUT2D eigenvalue weighted by Crippen LogP contribution is 2.26. The molecule has 0 nitrogen and oxygen atoms in total. The third kappa shape index (κ3) is 18.6. The summed E-state index contributed by atoms with van der Waals surface area (Å²) in [5.41, 5.74) is 0.514. The lowest BCUT2D eigenvalue weighted by Crippen LogP contribution is -2.06. The number of hydrogen-bond acceptors (Lipinski definition) is 0. The minimum atomic E-state index is 0.514. The Labute approximate surface area is 161 Å². The number of rotatable bonds is 15. The molecule has 0 aliphatic heterocycles. The molecule has 0 heteroatoms. The molecule has 0 amide bonds. The van der Waals surface area contributed by atoms with E-state index in [1.54, 1.807) is 0 Å². The topological polar surface area (TPSA) is 0 Å². The van der Waals surface area contributed by atoms with Gasteiger partial charge < -0.3 is 0 Å². The molecule has 0 radical (unpaired) electrons. The van der Waals surface area contributed by atoms with Gasteiger partial charge in [0.15, 0.2) is 0 Å². The van der Waals surface area contributed by atoms with E-state index in [1.165, 1.54) is 77.0 Å². The second-order valence-corrected chi connectivity index (χ2v) is 11.0. The molecule has 0 saturated heterocycles. The van der Waals surface area contributed by atoms with Gasteiger partial charge in [0.05, 0.1) is 0 Å². The smallest absolute Gasteiger partial charge is 0.0383 e. The molecule has 0 aromatic rings. The van der Waals surface area contributed by atoms with Gasteiger partial charge in [0.25, 0.3) is 0 Å². The normalized spacial score (nSPS) is 16.2. The molecule has 3 atom stereocenters. The first-order valence-electron chi connectivity index (χ1n) is 11.6. The summed E-state index contributed by atoms with van der Waals surface area (Å²) in [5, 5.41) is 0. The van der Waals surface area contributed by atoms with Gasteiger partial charge in [0.1, 0.15) is 0 Å². The maximum absolute atomic E-state index is 2.48. The maximum atomic E-state index is 2.48. The van der Waals surface area contributed by atoms with Crippen molar-refractivity contribution in [3.63, 3.8) is 0 Å². The molecule has 0 aliphatic rings. The number of hydrogen-bond donors (Lipinski definition) is 0. The van der Waals surface area contributed by atoms with Crippen molar-refractivity contribution >= 4 is 0 Å². The van der Waals surface area contributed by atoms with E-state index in [0.29, 0.717) is 5.41 Å². The van der Waals surface area contributed by atoms with Crippen LogP contribution in [0.15, 0.2) is 0 Å². The molecule has 0 saturated carbocycles. The van der Waals surface area contributed by atoms with Gasteiger partial charge in [-0.15, -0.1) is 0 Å². The average Bonchev–Trinajstić information content (AvgIpc) is 2.45. The Kier molecular flexibility index (Phi) is 14.1. The second kappa shape index (κ2) is 14.1. The van der Waals surface area contributed by atoms with Crippen molar-refractivity contribution in [3.8, 4) is 0 Å². The Morgan fingerprint density at radius 1 is 0.480 bits per heavy atom. The minimum absolute atomic E-state index is 0.514. The Balaban J connectivity index is 3.55. The van der Waals surface area contributed by atoms with E-state index in [0.717, 1.165) is 23.7 Å².